The molecule has 1 aromatic heterocycles. The number of amides is 1. The number of carbonyl (C=O) groups is 1. The molecule has 2 N–H and O–H groups in total. The third-order valence-electron chi connectivity index (χ3n) is 8.47. The van der Waals surface area contributed by atoms with Crippen LogP contribution in [0.2, 0.25) is 0 Å². The first-order valence-corrected chi connectivity index (χ1v) is 14.8. The number of piperazine rings is 1. The van der Waals surface area contributed by atoms with Gasteiger partial charge in [-0.25, -0.2) is 19.4 Å². The second kappa shape index (κ2) is 12.6. The molecule has 11 heteroatoms. The lowest BCUT2D eigenvalue weighted by Crippen LogP contribution is -2.47. The number of hydrogen-bond acceptors (Lipinski definition) is 9. The van der Waals surface area contributed by atoms with Gasteiger partial charge in [-0.2, -0.15) is 0 Å². The minimum atomic E-state index is -0.288. The third kappa shape index (κ3) is 6.42. The molecule has 226 valence electrons. The molecule has 1 amide bonds. The Morgan fingerprint density at radius 2 is 1.95 bits per heavy atom. The molecule has 10 nitrogen and oxygen atoms in total. The third-order valence-corrected chi connectivity index (χ3v) is 8.47. The summed E-state index contributed by atoms with van der Waals surface area (Å²) in [5.74, 6) is 1.25. The number of methoxy groups -OCH3 is 1. The maximum absolute atomic E-state index is 14.2. The van der Waals surface area contributed by atoms with E-state index in [0.717, 1.165) is 49.9 Å². The maximum atomic E-state index is 14.2. The Morgan fingerprint density at radius 1 is 1.14 bits per heavy atom. The van der Waals surface area contributed by atoms with Crippen molar-refractivity contribution in [3.05, 3.63) is 72.3 Å². The molecule has 43 heavy (non-hydrogen) atoms. The predicted molar refractivity (Wildman–Crippen MR) is 166 cm³/mol. The van der Waals surface area contributed by atoms with Gasteiger partial charge in [0.15, 0.2) is 5.82 Å². The average molecular weight is 588 g/mol. The molecule has 1 atom stereocenters. The van der Waals surface area contributed by atoms with E-state index in [9.17, 15) is 9.18 Å². The van der Waals surface area contributed by atoms with E-state index in [-0.39, 0.29) is 17.8 Å². The molecule has 2 saturated heterocycles. The van der Waals surface area contributed by atoms with Crippen LogP contribution < -0.4 is 25.3 Å². The van der Waals surface area contributed by atoms with Gasteiger partial charge in [0.05, 0.1) is 36.8 Å². The summed E-state index contributed by atoms with van der Waals surface area (Å²) in [6.07, 6.45) is 6.74. The van der Waals surface area contributed by atoms with Gasteiger partial charge in [0.2, 0.25) is 5.91 Å². The van der Waals surface area contributed by atoms with Crippen LogP contribution in [0.3, 0.4) is 0 Å². The SMILES string of the molecule is C=CC(=O)Nc1cc(Nc2cc(N3OCCC3Cc3cccc(F)c3C)ncn2)c(OC)cc1N1CCN(C2CC2)CC1. The number of nitrogens with zero attached hydrogens (tertiary/aromatic N) is 5. The van der Waals surface area contributed by atoms with Crippen LogP contribution in [0.25, 0.3) is 0 Å². The van der Waals surface area contributed by atoms with Gasteiger partial charge in [-0.1, -0.05) is 18.7 Å². The van der Waals surface area contributed by atoms with Gasteiger partial charge < -0.3 is 20.3 Å². The molecule has 2 aromatic carbocycles. The van der Waals surface area contributed by atoms with E-state index in [1.165, 1.54) is 31.3 Å². The van der Waals surface area contributed by atoms with Crippen LogP contribution >= 0.6 is 0 Å². The van der Waals surface area contributed by atoms with Gasteiger partial charge in [-0.05, 0) is 61.9 Å². The second-order valence-electron chi connectivity index (χ2n) is 11.2. The Kier molecular flexibility index (Phi) is 8.44. The lowest BCUT2D eigenvalue weighted by Gasteiger charge is -2.37. The summed E-state index contributed by atoms with van der Waals surface area (Å²) in [6.45, 7) is 9.68. The summed E-state index contributed by atoms with van der Waals surface area (Å²) in [5, 5.41) is 8.11. The number of nitrogens with one attached hydrogen (secondary N) is 2. The average Bonchev–Trinajstić information content (AvgIpc) is 3.78. The van der Waals surface area contributed by atoms with Crippen molar-refractivity contribution in [1.82, 2.24) is 14.9 Å². The van der Waals surface area contributed by atoms with Crippen LogP contribution in [0.5, 0.6) is 5.75 Å². The molecule has 1 saturated carbocycles. The highest BCUT2D eigenvalue weighted by Crippen LogP contribution is 2.40. The molecule has 0 spiro atoms. The van der Waals surface area contributed by atoms with E-state index in [2.05, 4.69) is 37.0 Å². The summed E-state index contributed by atoms with van der Waals surface area (Å²) in [7, 11) is 1.62. The van der Waals surface area contributed by atoms with Crippen molar-refractivity contribution in [3.63, 3.8) is 0 Å². The monoisotopic (exact) mass is 587 g/mol. The number of hydroxylamine groups is 1. The normalized spacial score (nSPS) is 18.9. The van der Waals surface area contributed by atoms with Gasteiger partial charge in [0.1, 0.15) is 23.7 Å². The second-order valence-corrected chi connectivity index (χ2v) is 11.2. The fraction of sp³-hybridized carbons (Fsp3) is 0.406. The first-order valence-electron chi connectivity index (χ1n) is 14.8. The van der Waals surface area contributed by atoms with Crippen molar-refractivity contribution in [3.8, 4) is 5.75 Å². The Hall–Kier alpha value is -4.22. The number of aromatic nitrogens is 2. The number of rotatable bonds is 10. The molecule has 0 bridgehead atoms. The quantitative estimate of drug-likeness (QED) is 0.323. The van der Waals surface area contributed by atoms with Crippen LogP contribution in [0.15, 0.2) is 55.4 Å². The fourth-order valence-corrected chi connectivity index (χ4v) is 5.90. The Labute approximate surface area is 251 Å². The van der Waals surface area contributed by atoms with Crippen LogP contribution in [-0.4, -0.2) is 72.8 Å². The highest BCUT2D eigenvalue weighted by molar-refractivity contribution is 6.02. The highest BCUT2D eigenvalue weighted by atomic mass is 19.1. The first-order chi connectivity index (χ1) is 20.9. The van der Waals surface area contributed by atoms with Crippen molar-refractivity contribution in [2.24, 2.45) is 0 Å². The van der Waals surface area contributed by atoms with Crippen LogP contribution in [0, 0.1) is 12.7 Å². The molecule has 0 radical (unpaired) electrons. The molecular formula is C32H38FN7O3. The molecule has 2 aliphatic heterocycles. The summed E-state index contributed by atoms with van der Waals surface area (Å²) in [5.41, 5.74) is 3.80. The zero-order chi connectivity index (χ0) is 29.9. The molecule has 6 rings (SSSR count). The van der Waals surface area contributed by atoms with Crippen molar-refractivity contribution in [2.75, 3.05) is 60.5 Å². The number of hydrogen-bond donors (Lipinski definition) is 2. The molecule has 1 unspecified atom stereocenters. The predicted octanol–water partition coefficient (Wildman–Crippen LogP) is 4.84. The van der Waals surface area contributed by atoms with E-state index in [1.54, 1.807) is 25.2 Å². The molecule has 3 heterocycles. The van der Waals surface area contributed by atoms with Crippen molar-refractivity contribution in [2.45, 2.75) is 44.7 Å². The Balaban J connectivity index is 1.24. The zero-order valence-corrected chi connectivity index (χ0v) is 24.7. The van der Waals surface area contributed by atoms with Crippen LogP contribution in [-0.2, 0) is 16.1 Å². The van der Waals surface area contributed by atoms with E-state index < -0.39 is 0 Å². The topological polar surface area (TPSA) is 95.1 Å². The zero-order valence-electron chi connectivity index (χ0n) is 24.7. The van der Waals surface area contributed by atoms with Gasteiger partial charge in [0, 0.05) is 44.4 Å². The van der Waals surface area contributed by atoms with Gasteiger partial charge in [-0.3, -0.25) is 14.5 Å². The largest absolute Gasteiger partial charge is 0.494 e. The lowest BCUT2D eigenvalue weighted by molar-refractivity contribution is -0.111. The summed E-state index contributed by atoms with van der Waals surface area (Å²) < 4.78 is 20.0. The summed E-state index contributed by atoms with van der Waals surface area (Å²) in [6, 6.07) is 11.5. The van der Waals surface area contributed by atoms with Gasteiger partial charge in [0.25, 0.3) is 0 Å². The van der Waals surface area contributed by atoms with E-state index in [0.29, 0.717) is 47.4 Å². The van der Waals surface area contributed by atoms with Crippen molar-refractivity contribution >= 4 is 34.6 Å². The molecule has 1 aliphatic carbocycles. The smallest absolute Gasteiger partial charge is 0.247 e. The Morgan fingerprint density at radius 3 is 2.70 bits per heavy atom. The van der Waals surface area contributed by atoms with Crippen LogP contribution in [0.1, 0.15) is 30.4 Å². The first kappa shape index (κ1) is 28.9. The molecular weight excluding hydrogens is 549 g/mol. The number of anilines is 5. The van der Waals surface area contributed by atoms with Crippen LogP contribution in [0.4, 0.5) is 33.1 Å². The van der Waals surface area contributed by atoms with Crippen molar-refractivity contribution in [1.29, 1.82) is 0 Å². The van der Waals surface area contributed by atoms with Gasteiger partial charge >= 0.3 is 0 Å². The van der Waals surface area contributed by atoms with E-state index >= 15 is 0 Å². The highest BCUT2D eigenvalue weighted by Gasteiger charge is 2.32. The Bertz CT molecular complexity index is 1490. The number of halogens is 1. The van der Waals surface area contributed by atoms with Crippen molar-refractivity contribution < 1.29 is 18.8 Å². The molecule has 3 aromatic rings. The summed E-state index contributed by atoms with van der Waals surface area (Å²) >= 11 is 0. The maximum Gasteiger partial charge on any atom is 0.247 e. The van der Waals surface area contributed by atoms with E-state index in [4.69, 9.17) is 9.57 Å². The minimum absolute atomic E-state index is 0.00169. The summed E-state index contributed by atoms with van der Waals surface area (Å²) in [4.78, 5) is 32.1. The van der Waals surface area contributed by atoms with E-state index in [1.807, 2.05) is 24.3 Å². The standard InChI is InChI=1S/C32H38FN7O3/c1-4-32(41)37-26-17-27(29(42-3)18-28(26)39-13-11-38(12-14-39)23-8-9-23)36-30-19-31(35-20-34-30)40-24(10-15-43-40)16-22-6-5-7-25(33)21(22)2/h4-7,17-20,23-24H,1,8-16H2,2-3H3,(H,37,41)(H,34,35,36). The molecule has 3 aliphatic rings. The molecule has 3 fully saturated rings. The van der Waals surface area contributed by atoms with Gasteiger partial charge in [-0.15, -0.1) is 0 Å². The number of benzene rings is 2. The number of ether oxygens (including phenoxy) is 1. The lowest BCUT2D eigenvalue weighted by atomic mass is 9.99. The minimum Gasteiger partial charge on any atom is -0.494 e. The number of carbonyl (C=O) groups excluding carboxylic acids is 1. The fourth-order valence-electron chi connectivity index (χ4n) is 5.90.